The summed E-state index contributed by atoms with van der Waals surface area (Å²) in [4.78, 5) is 19.0. The fourth-order valence-electron chi connectivity index (χ4n) is 5.60. The Morgan fingerprint density at radius 2 is 1.74 bits per heavy atom. The SMILES string of the molecule is COc1ccc(-c2nc3ccccc3n2C(CCCc2ccccc2)C(=O)NC2CCCCC2)c(OC)c1.[Cl-].[H+]. The van der Waals surface area contributed by atoms with Crippen LogP contribution in [0.4, 0.5) is 0 Å². The number of fused-ring (bicyclic) bond motifs is 1. The summed E-state index contributed by atoms with van der Waals surface area (Å²) in [5.74, 6) is 2.18. The van der Waals surface area contributed by atoms with Crippen LogP contribution in [0.15, 0.2) is 72.8 Å². The molecule has 1 heterocycles. The van der Waals surface area contributed by atoms with E-state index in [1.54, 1.807) is 14.2 Å². The van der Waals surface area contributed by atoms with Crippen LogP contribution in [-0.4, -0.2) is 35.7 Å². The number of aryl methyl sites for hydroxylation is 1. The molecule has 206 valence electrons. The lowest BCUT2D eigenvalue weighted by Crippen LogP contribution is -3.00. The zero-order chi connectivity index (χ0) is 26.3. The second-order valence-electron chi connectivity index (χ2n) is 10.1. The Balaban J connectivity index is 0.00000220. The van der Waals surface area contributed by atoms with E-state index >= 15 is 0 Å². The number of rotatable bonds is 10. The Labute approximate surface area is 238 Å². The molecule has 1 saturated carbocycles. The van der Waals surface area contributed by atoms with Gasteiger partial charge in [0.25, 0.3) is 0 Å². The number of methoxy groups -OCH3 is 2. The Bertz CT molecular complexity index is 1370. The fourth-order valence-corrected chi connectivity index (χ4v) is 5.60. The standard InChI is InChI=1S/C32H37N3O3.ClH/c1-37-25-20-21-26(30(22-25)38-2)31-34-27-17-9-10-18-28(27)35(31)29(19-11-14-23-12-5-3-6-13-23)32(36)33-24-15-7-4-8-16-24;/h3,5-6,9-10,12-13,17-18,20-22,24,29H,4,7-8,11,14-16,19H2,1-2H3,(H,33,36);1H. The van der Waals surface area contributed by atoms with Crippen molar-refractivity contribution in [1.82, 2.24) is 14.9 Å². The highest BCUT2D eigenvalue weighted by atomic mass is 35.5. The maximum Gasteiger partial charge on any atom is 1.00 e. The van der Waals surface area contributed by atoms with Crippen molar-refractivity contribution in [1.29, 1.82) is 0 Å². The molecule has 0 spiro atoms. The van der Waals surface area contributed by atoms with Crippen molar-refractivity contribution in [2.45, 2.75) is 63.5 Å². The van der Waals surface area contributed by atoms with Gasteiger partial charge in [-0.05, 0) is 61.9 Å². The number of benzene rings is 3. The molecule has 1 aliphatic rings. The van der Waals surface area contributed by atoms with Crippen LogP contribution < -0.4 is 27.2 Å². The molecule has 1 aliphatic carbocycles. The number of aromatic nitrogens is 2. The second kappa shape index (κ2) is 13.5. The van der Waals surface area contributed by atoms with E-state index in [9.17, 15) is 4.79 Å². The van der Waals surface area contributed by atoms with Crippen molar-refractivity contribution in [3.63, 3.8) is 0 Å². The van der Waals surface area contributed by atoms with Gasteiger partial charge >= 0.3 is 1.43 Å². The number of ether oxygens (including phenoxy) is 2. The van der Waals surface area contributed by atoms with Crippen molar-refractivity contribution >= 4 is 16.9 Å². The highest BCUT2D eigenvalue weighted by Crippen LogP contribution is 2.37. The number of amides is 1. The van der Waals surface area contributed by atoms with Crippen molar-refractivity contribution in [2.75, 3.05) is 14.2 Å². The topological polar surface area (TPSA) is 65.4 Å². The first kappa shape index (κ1) is 28.5. The molecule has 3 aromatic carbocycles. The molecule has 39 heavy (non-hydrogen) atoms. The fraction of sp³-hybridized carbons (Fsp3) is 0.375. The lowest BCUT2D eigenvalue weighted by atomic mass is 9.95. The molecule has 7 heteroatoms. The number of hydrogen-bond acceptors (Lipinski definition) is 4. The number of imidazole rings is 1. The normalized spacial score (nSPS) is 14.4. The van der Waals surface area contributed by atoms with Crippen LogP contribution in [0.5, 0.6) is 11.5 Å². The highest BCUT2D eigenvalue weighted by Gasteiger charge is 2.29. The zero-order valence-electron chi connectivity index (χ0n) is 23.7. The number of nitrogens with zero attached hydrogens (tertiary/aromatic N) is 2. The number of halogens is 1. The molecule has 0 saturated heterocycles. The minimum Gasteiger partial charge on any atom is -1.00 e. The zero-order valence-corrected chi connectivity index (χ0v) is 23.5. The third kappa shape index (κ3) is 6.56. The quantitative estimate of drug-likeness (QED) is 0.327. The number of para-hydroxylation sites is 2. The molecule has 1 atom stereocenters. The molecule has 0 aliphatic heterocycles. The van der Waals surface area contributed by atoms with Crippen molar-refractivity contribution < 1.29 is 28.1 Å². The van der Waals surface area contributed by atoms with E-state index in [0.717, 1.165) is 48.1 Å². The third-order valence-electron chi connectivity index (χ3n) is 7.60. The first-order valence-corrected chi connectivity index (χ1v) is 13.7. The Morgan fingerprint density at radius 3 is 2.49 bits per heavy atom. The molecule has 5 rings (SSSR count). The van der Waals surface area contributed by atoms with E-state index < -0.39 is 6.04 Å². The van der Waals surface area contributed by atoms with Crippen LogP contribution in [-0.2, 0) is 11.2 Å². The molecule has 0 bridgehead atoms. The van der Waals surface area contributed by atoms with Gasteiger partial charge in [0.2, 0.25) is 5.91 Å². The summed E-state index contributed by atoms with van der Waals surface area (Å²) < 4.78 is 13.3. The predicted molar refractivity (Wildman–Crippen MR) is 153 cm³/mol. The number of nitrogens with one attached hydrogen (secondary N) is 1. The lowest BCUT2D eigenvalue weighted by molar-refractivity contribution is -0.125. The molecule has 1 unspecified atom stereocenters. The Morgan fingerprint density at radius 1 is 1.00 bits per heavy atom. The smallest absolute Gasteiger partial charge is 1.00 e. The van der Waals surface area contributed by atoms with Gasteiger partial charge in [-0.2, -0.15) is 0 Å². The van der Waals surface area contributed by atoms with E-state index in [4.69, 9.17) is 14.5 Å². The van der Waals surface area contributed by atoms with Gasteiger partial charge in [0, 0.05) is 12.1 Å². The maximum atomic E-state index is 14.0. The van der Waals surface area contributed by atoms with Crippen molar-refractivity contribution in [3.8, 4) is 22.9 Å². The minimum atomic E-state index is -0.394. The summed E-state index contributed by atoms with van der Waals surface area (Å²) in [6.07, 6.45) is 8.20. The lowest BCUT2D eigenvalue weighted by Gasteiger charge is -2.27. The Kier molecular flexibility index (Phi) is 9.88. The first-order chi connectivity index (χ1) is 18.7. The monoisotopic (exact) mass is 547 g/mol. The molecule has 1 amide bonds. The van der Waals surface area contributed by atoms with Crippen LogP contribution >= 0.6 is 0 Å². The predicted octanol–water partition coefficient (Wildman–Crippen LogP) is 3.85. The summed E-state index contributed by atoms with van der Waals surface area (Å²) in [5, 5.41) is 3.41. The van der Waals surface area contributed by atoms with Crippen molar-refractivity contribution in [3.05, 3.63) is 78.4 Å². The van der Waals surface area contributed by atoms with Crippen LogP contribution in [0.25, 0.3) is 22.4 Å². The third-order valence-corrected chi connectivity index (χ3v) is 7.60. The summed E-state index contributed by atoms with van der Waals surface area (Å²) >= 11 is 0. The van der Waals surface area contributed by atoms with Gasteiger partial charge in [-0.1, -0.05) is 61.7 Å². The molecule has 4 aromatic rings. The van der Waals surface area contributed by atoms with Crippen LogP contribution in [0.2, 0.25) is 0 Å². The number of hydrogen-bond donors (Lipinski definition) is 1. The largest absolute Gasteiger partial charge is 1.00 e. The van der Waals surface area contributed by atoms with E-state index in [1.807, 2.05) is 42.5 Å². The summed E-state index contributed by atoms with van der Waals surface area (Å²) in [7, 11) is 3.29. The van der Waals surface area contributed by atoms with Gasteiger partial charge in [-0.15, -0.1) is 0 Å². The van der Waals surface area contributed by atoms with E-state index in [0.29, 0.717) is 17.9 Å². The average Bonchev–Trinajstić information content (AvgIpc) is 3.35. The van der Waals surface area contributed by atoms with Crippen LogP contribution in [0, 0.1) is 0 Å². The van der Waals surface area contributed by atoms with Gasteiger partial charge in [-0.25, -0.2) is 4.98 Å². The summed E-state index contributed by atoms with van der Waals surface area (Å²) in [5.41, 5.74) is 3.93. The number of carbonyl (C=O) groups excluding carboxylic acids is 1. The molecular weight excluding hydrogens is 510 g/mol. The van der Waals surface area contributed by atoms with E-state index in [2.05, 4.69) is 40.2 Å². The molecular formula is C32H38ClN3O3. The van der Waals surface area contributed by atoms with Crippen LogP contribution in [0.1, 0.15) is 58.0 Å². The maximum absolute atomic E-state index is 14.0. The first-order valence-electron chi connectivity index (χ1n) is 13.7. The summed E-state index contributed by atoms with van der Waals surface area (Å²) in [6, 6.07) is 24.1. The molecule has 6 nitrogen and oxygen atoms in total. The molecule has 0 radical (unpaired) electrons. The number of carbonyl (C=O) groups is 1. The highest BCUT2D eigenvalue weighted by molar-refractivity contribution is 5.88. The average molecular weight is 548 g/mol. The van der Waals surface area contributed by atoms with E-state index in [1.165, 1.54) is 24.8 Å². The second-order valence-corrected chi connectivity index (χ2v) is 10.1. The van der Waals surface area contributed by atoms with Gasteiger partial charge in [0.1, 0.15) is 23.4 Å². The van der Waals surface area contributed by atoms with Gasteiger partial charge < -0.3 is 31.8 Å². The molecule has 1 N–H and O–H groups in total. The van der Waals surface area contributed by atoms with Gasteiger partial charge in [0.05, 0.1) is 30.8 Å². The van der Waals surface area contributed by atoms with E-state index in [-0.39, 0.29) is 25.8 Å². The molecule has 1 aromatic heterocycles. The van der Waals surface area contributed by atoms with Gasteiger partial charge in [-0.3, -0.25) is 4.79 Å². The molecule has 1 fully saturated rings. The van der Waals surface area contributed by atoms with Gasteiger partial charge in [0.15, 0.2) is 0 Å². The van der Waals surface area contributed by atoms with Crippen LogP contribution in [0.3, 0.4) is 0 Å². The summed E-state index contributed by atoms with van der Waals surface area (Å²) in [6.45, 7) is 0. The Hall–Kier alpha value is -3.51. The van der Waals surface area contributed by atoms with Crippen molar-refractivity contribution in [2.24, 2.45) is 0 Å². The minimum absolute atomic E-state index is 0.